The zero-order valence-electron chi connectivity index (χ0n) is 11.3. The minimum absolute atomic E-state index is 0.357. The number of hydrogen-bond donors (Lipinski definition) is 2. The quantitative estimate of drug-likeness (QED) is 0.494. The predicted molar refractivity (Wildman–Crippen MR) is 76.0 cm³/mol. The molecule has 5 heteroatoms. The Morgan fingerprint density at radius 3 is 2.55 bits per heavy atom. The molecular formula is C15H17N3O2. The van der Waals surface area contributed by atoms with E-state index in [2.05, 4.69) is 17.3 Å². The molecule has 0 aliphatic carbocycles. The highest BCUT2D eigenvalue weighted by atomic mass is 16.5. The van der Waals surface area contributed by atoms with Crippen LogP contribution in [-0.4, -0.2) is 10.9 Å². The number of hydrogen-bond acceptors (Lipinski definition) is 4. The summed E-state index contributed by atoms with van der Waals surface area (Å²) in [7, 11) is 0. The van der Waals surface area contributed by atoms with Gasteiger partial charge in [0.2, 0.25) is 0 Å². The monoisotopic (exact) mass is 271 g/mol. The van der Waals surface area contributed by atoms with Crippen LogP contribution in [0.2, 0.25) is 0 Å². The van der Waals surface area contributed by atoms with E-state index in [4.69, 9.17) is 10.6 Å². The molecule has 0 atom stereocenters. The Morgan fingerprint density at radius 1 is 1.25 bits per heavy atom. The van der Waals surface area contributed by atoms with Crippen LogP contribution >= 0.6 is 0 Å². The fourth-order valence-corrected chi connectivity index (χ4v) is 1.71. The molecule has 1 amide bonds. The maximum atomic E-state index is 11.3. The standard InChI is InChI=1S/C15H17N3O2/c1-2-11-3-7-14(8-4-11)20-10-13-6-5-12(9-17-13)15(19)18-16/h3-9H,2,10,16H2,1H3,(H,18,19). The molecule has 1 heterocycles. The Hall–Kier alpha value is -2.40. The predicted octanol–water partition coefficient (Wildman–Crippen LogP) is 1.83. The number of nitrogens with two attached hydrogens (primary N) is 1. The van der Waals surface area contributed by atoms with Gasteiger partial charge in [0.1, 0.15) is 12.4 Å². The van der Waals surface area contributed by atoms with Crippen LogP contribution < -0.4 is 16.0 Å². The number of ether oxygens (including phenoxy) is 1. The van der Waals surface area contributed by atoms with Gasteiger partial charge in [0.05, 0.1) is 11.3 Å². The van der Waals surface area contributed by atoms with Gasteiger partial charge in [-0.3, -0.25) is 15.2 Å². The van der Waals surface area contributed by atoms with E-state index < -0.39 is 0 Å². The summed E-state index contributed by atoms with van der Waals surface area (Å²) >= 11 is 0. The van der Waals surface area contributed by atoms with Gasteiger partial charge in [0, 0.05) is 6.20 Å². The molecule has 0 radical (unpaired) electrons. The number of benzene rings is 1. The van der Waals surface area contributed by atoms with E-state index in [9.17, 15) is 4.79 Å². The first-order chi connectivity index (χ1) is 9.72. The van der Waals surface area contributed by atoms with Gasteiger partial charge in [-0.25, -0.2) is 5.84 Å². The Morgan fingerprint density at radius 2 is 2.00 bits per heavy atom. The van der Waals surface area contributed by atoms with Crippen LogP contribution in [0.1, 0.15) is 28.5 Å². The number of nitrogen functional groups attached to an aromatic ring is 1. The molecule has 20 heavy (non-hydrogen) atoms. The summed E-state index contributed by atoms with van der Waals surface area (Å²) in [5.74, 6) is 5.49. The molecule has 0 saturated heterocycles. The first-order valence-electron chi connectivity index (χ1n) is 6.40. The van der Waals surface area contributed by atoms with Crippen LogP contribution in [0.25, 0.3) is 0 Å². The van der Waals surface area contributed by atoms with Crippen LogP contribution in [-0.2, 0) is 13.0 Å². The smallest absolute Gasteiger partial charge is 0.266 e. The molecule has 104 valence electrons. The number of carbonyl (C=O) groups is 1. The third-order valence-corrected chi connectivity index (χ3v) is 2.94. The van der Waals surface area contributed by atoms with Gasteiger partial charge in [-0.05, 0) is 36.2 Å². The SMILES string of the molecule is CCc1ccc(OCc2ccc(C(=O)NN)cn2)cc1. The number of carbonyl (C=O) groups excluding carboxylic acids is 1. The number of aromatic nitrogens is 1. The summed E-state index contributed by atoms with van der Waals surface area (Å²) in [6, 6.07) is 11.4. The van der Waals surface area contributed by atoms with Crippen LogP contribution in [0.4, 0.5) is 0 Å². The second-order valence-electron chi connectivity index (χ2n) is 4.30. The van der Waals surface area contributed by atoms with Crippen molar-refractivity contribution in [2.75, 3.05) is 0 Å². The largest absolute Gasteiger partial charge is 0.487 e. The first kappa shape index (κ1) is 14.0. The first-order valence-corrected chi connectivity index (χ1v) is 6.40. The topological polar surface area (TPSA) is 77.2 Å². The number of aryl methyl sites for hydroxylation is 1. The van der Waals surface area contributed by atoms with Crippen molar-refractivity contribution in [2.45, 2.75) is 20.0 Å². The summed E-state index contributed by atoms with van der Waals surface area (Å²) < 4.78 is 5.63. The highest BCUT2D eigenvalue weighted by Crippen LogP contribution is 2.14. The van der Waals surface area contributed by atoms with E-state index in [1.807, 2.05) is 24.3 Å². The zero-order chi connectivity index (χ0) is 14.4. The van der Waals surface area contributed by atoms with Gasteiger partial charge in [-0.2, -0.15) is 0 Å². The van der Waals surface area contributed by atoms with Crippen molar-refractivity contribution in [3.05, 3.63) is 59.4 Å². The third kappa shape index (κ3) is 3.55. The molecular weight excluding hydrogens is 254 g/mol. The van der Waals surface area contributed by atoms with E-state index in [0.717, 1.165) is 17.9 Å². The third-order valence-electron chi connectivity index (χ3n) is 2.94. The molecule has 0 aliphatic rings. The maximum absolute atomic E-state index is 11.3. The molecule has 0 aliphatic heterocycles. The molecule has 0 unspecified atom stereocenters. The fourth-order valence-electron chi connectivity index (χ4n) is 1.71. The van der Waals surface area contributed by atoms with E-state index >= 15 is 0 Å². The van der Waals surface area contributed by atoms with Crippen LogP contribution in [0.5, 0.6) is 5.75 Å². The van der Waals surface area contributed by atoms with Crippen molar-refractivity contribution in [1.82, 2.24) is 10.4 Å². The van der Waals surface area contributed by atoms with Crippen molar-refractivity contribution in [3.8, 4) is 5.75 Å². The number of pyridine rings is 1. The van der Waals surface area contributed by atoms with Crippen LogP contribution in [0, 0.1) is 0 Å². The van der Waals surface area contributed by atoms with E-state index in [1.165, 1.54) is 11.8 Å². The summed E-state index contributed by atoms with van der Waals surface area (Å²) in [5.41, 5.74) is 4.50. The molecule has 0 spiro atoms. The molecule has 0 fully saturated rings. The summed E-state index contributed by atoms with van der Waals surface area (Å²) in [6.45, 7) is 2.47. The Labute approximate surface area is 117 Å². The minimum atomic E-state index is -0.361. The highest BCUT2D eigenvalue weighted by molar-refractivity contribution is 5.93. The van der Waals surface area contributed by atoms with Crippen molar-refractivity contribution >= 4 is 5.91 Å². The lowest BCUT2D eigenvalue weighted by atomic mass is 10.2. The maximum Gasteiger partial charge on any atom is 0.266 e. The second kappa shape index (κ2) is 6.68. The Kier molecular flexibility index (Phi) is 4.68. The number of amides is 1. The minimum Gasteiger partial charge on any atom is -0.487 e. The molecule has 5 nitrogen and oxygen atoms in total. The van der Waals surface area contributed by atoms with Crippen molar-refractivity contribution in [1.29, 1.82) is 0 Å². The van der Waals surface area contributed by atoms with Gasteiger partial charge >= 0.3 is 0 Å². The average molecular weight is 271 g/mol. The molecule has 0 saturated carbocycles. The molecule has 1 aromatic heterocycles. The van der Waals surface area contributed by atoms with Crippen molar-refractivity contribution in [3.63, 3.8) is 0 Å². The Balaban J connectivity index is 1.94. The van der Waals surface area contributed by atoms with Gasteiger partial charge in [0.15, 0.2) is 0 Å². The number of nitrogens with one attached hydrogen (secondary N) is 1. The second-order valence-corrected chi connectivity index (χ2v) is 4.30. The molecule has 2 rings (SSSR count). The Bertz CT molecular complexity index is 565. The molecule has 0 bridgehead atoms. The molecule has 3 N–H and O–H groups in total. The van der Waals surface area contributed by atoms with Crippen LogP contribution in [0.15, 0.2) is 42.6 Å². The fraction of sp³-hybridized carbons (Fsp3) is 0.200. The van der Waals surface area contributed by atoms with Gasteiger partial charge in [-0.1, -0.05) is 19.1 Å². The summed E-state index contributed by atoms with van der Waals surface area (Å²) in [6.07, 6.45) is 2.48. The summed E-state index contributed by atoms with van der Waals surface area (Å²) in [5, 5.41) is 0. The number of hydrazine groups is 1. The molecule has 1 aromatic carbocycles. The summed E-state index contributed by atoms with van der Waals surface area (Å²) in [4.78, 5) is 15.4. The van der Waals surface area contributed by atoms with E-state index in [0.29, 0.717) is 12.2 Å². The van der Waals surface area contributed by atoms with Gasteiger partial charge in [-0.15, -0.1) is 0 Å². The van der Waals surface area contributed by atoms with Crippen molar-refractivity contribution in [2.24, 2.45) is 5.84 Å². The normalized spacial score (nSPS) is 10.1. The lowest BCUT2D eigenvalue weighted by Gasteiger charge is -2.07. The number of nitrogens with zero attached hydrogens (tertiary/aromatic N) is 1. The van der Waals surface area contributed by atoms with E-state index in [-0.39, 0.29) is 5.91 Å². The lowest BCUT2D eigenvalue weighted by molar-refractivity contribution is 0.0953. The molecule has 2 aromatic rings. The van der Waals surface area contributed by atoms with E-state index in [1.54, 1.807) is 12.1 Å². The van der Waals surface area contributed by atoms with Crippen LogP contribution in [0.3, 0.4) is 0 Å². The highest BCUT2D eigenvalue weighted by Gasteiger charge is 2.04. The number of rotatable bonds is 5. The van der Waals surface area contributed by atoms with Crippen molar-refractivity contribution < 1.29 is 9.53 Å². The van der Waals surface area contributed by atoms with Gasteiger partial charge < -0.3 is 4.74 Å². The lowest BCUT2D eigenvalue weighted by Crippen LogP contribution is -2.30. The zero-order valence-corrected chi connectivity index (χ0v) is 11.3. The average Bonchev–Trinajstić information content (AvgIpc) is 2.53. The van der Waals surface area contributed by atoms with Gasteiger partial charge in [0.25, 0.3) is 5.91 Å².